The second kappa shape index (κ2) is 7.94. The number of carbonyl (C=O) groups is 3. The Bertz CT molecular complexity index is 1000. The molecule has 1 fully saturated rings. The van der Waals surface area contributed by atoms with Crippen molar-refractivity contribution in [1.29, 1.82) is 0 Å². The molecule has 30 heavy (non-hydrogen) atoms. The van der Waals surface area contributed by atoms with Crippen LogP contribution in [-0.4, -0.2) is 46.2 Å². The van der Waals surface area contributed by atoms with Gasteiger partial charge in [-0.1, -0.05) is 29.8 Å². The predicted molar refractivity (Wildman–Crippen MR) is 108 cm³/mol. The minimum atomic E-state index is -1.40. The van der Waals surface area contributed by atoms with Crippen molar-refractivity contribution >= 4 is 23.5 Å². The van der Waals surface area contributed by atoms with E-state index in [-0.39, 0.29) is 11.6 Å². The zero-order valence-corrected chi connectivity index (χ0v) is 16.9. The number of nitro groups is 1. The minimum Gasteiger partial charge on any atom is -0.340 e. The Labute approximate surface area is 173 Å². The maximum Gasteiger partial charge on any atom is 0.325 e. The van der Waals surface area contributed by atoms with Crippen LogP contribution in [0.2, 0.25) is 0 Å². The molecular formula is C21H22N4O5. The summed E-state index contributed by atoms with van der Waals surface area (Å²) < 4.78 is 0. The summed E-state index contributed by atoms with van der Waals surface area (Å²) in [7, 11) is 1.61. The largest absolute Gasteiger partial charge is 0.340 e. The second-order valence-electron chi connectivity index (χ2n) is 7.49. The summed E-state index contributed by atoms with van der Waals surface area (Å²) in [5, 5.41) is 13.4. The molecule has 3 rings (SSSR count). The van der Waals surface area contributed by atoms with E-state index in [0.717, 1.165) is 16.0 Å². The Balaban J connectivity index is 1.71. The first-order chi connectivity index (χ1) is 14.1. The second-order valence-corrected chi connectivity index (χ2v) is 7.49. The van der Waals surface area contributed by atoms with E-state index < -0.39 is 28.9 Å². The number of non-ortho nitro benzene ring substituents is 1. The molecule has 0 unspecified atom stereocenters. The molecule has 156 valence electrons. The van der Waals surface area contributed by atoms with Crippen molar-refractivity contribution in [1.82, 2.24) is 15.1 Å². The van der Waals surface area contributed by atoms with Gasteiger partial charge in [-0.05, 0) is 37.1 Å². The fourth-order valence-electron chi connectivity index (χ4n) is 3.26. The van der Waals surface area contributed by atoms with Crippen molar-refractivity contribution in [3.63, 3.8) is 0 Å². The van der Waals surface area contributed by atoms with Gasteiger partial charge in [-0.2, -0.15) is 0 Å². The molecule has 2 aromatic carbocycles. The summed E-state index contributed by atoms with van der Waals surface area (Å²) in [5.74, 6) is -0.967. The van der Waals surface area contributed by atoms with Gasteiger partial charge in [-0.25, -0.2) is 4.79 Å². The molecule has 1 aliphatic heterocycles. The lowest BCUT2D eigenvalue weighted by Gasteiger charge is -2.23. The van der Waals surface area contributed by atoms with Gasteiger partial charge in [0.2, 0.25) is 5.91 Å². The van der Waals surface area contributed by atoms with E-state index >= 15 is 0 Å². The van der Waals surface area contributed by atoms with Crippen LogP contribution in [0, 0.1) is 17.0 Å². The van der Waals surface area contributed by atoms with Crippen molar-refractivity contribution in [2.24, 2.45) is 0 Å². The Morgan fingerprint density at radius 1 is 1.13 bits per heavy atom. The maximum absolute atomic E-state index is 12.9. The molecule has 0 aromatic heterocycles. The van der Waals surface area contributed by atoms with Gasteiger partial charge in [0, 0.05) is 25.7 Å². The summed E-state index contributed by atoms with van der Waals surface area (Å²) in [4.78, 5) is 50.6. The van der Waals surface area contributed by atoms with Crippen molar-refractivity contribution in [3.05, 3.63) is 75.3 Å². The number of amides is 4. The van der Waals surface area contributed by atoms with Crippen LogP contribution in [0.25, 0.3) is 0 Å². The van der Waals surface area contributed by atoms with Crippen LogP contribution in [0.4, 0.5) is 10.5 Å². The van der Waals surface area contributed by atoms with E-state index in [1.165, 1.54) is 36.1 Å². The SMILES string of the molecule is Cc1ccc(CN(C)C(=O)CN2C(=O)N[C@@](C)(c3ccc([N+](=O)[O-])cc3)C2=O)cc1. The van der Waals surface area contributed by atoms with E-state index in [0.29, 0.717) is 12.1 Å². The van der Waals surface area contributed by atoms with Crippen LogP contribution >= 0.6 is 0 Å². The van der Waals surface area contributed by atoms with E-state index in [4.69, 9.17) is 0 Å². The van der Waals surface area contributed by atoms with Gasteiger partial charge in [0.05, 0.1) is 4.92 Å². The normalized spacial score (nSPS) is 18.3. The highest BCUT2D eigenvalue weighted by molar-refractivity contribution is 6.09. The number of hydrogen-bond acceptors (Lipinski definition) is 5. The molecule has 0 bridgehead atoms. The molecule has 9 nitrogen and oxygen atoms in total. The van der Waals surface area contributed by atoms with Gasteiger partial charge >= 0.3 is 6.03 Å². The maximum atomic E-state index is 12.9. The lowest BCUT2D eigenvalue weighted by atomic mass is 9.92. The lowest BCUT2D eigenvalue weighted by molar-refractivity contribution is -0.384. The number of aryl methyl sites for hydroxylation is 1. The number of urea groups is 1. The molecule has 1 N–H and O–H groups in total. The molecule has 9 heteroatoms. The molecule has 1 atom stereocenters. The topological polar surface area (TPSA) is 113 Å². The summed E-state index contributed by atoms with van der Waals surface area (Å²) in [6.45, 7) is 3.44. The minimum absolute atomic E-state index is 0.121. The molecule has 4 amide bonds. The van der Waals surface area contributed by atoms with Crippen LogP contribution < -0.4 is 5.32 Å². The lowest BCUT2D eigenvalue weighted by Crippen LogP contribution is -2.43. The Kier molecular flexibility index (Phi) is 5.55. The molecule has 1 heterocycles. The molecule has 1 aliphatic rings. The van der Waals surface area contributed by atoms with Gasteiger partial charge in [-0.15, -0.1) is 0 Å². The van der Waals surface area contributed by atoms with Crippen molar-refractivity contribution in [3.8, 4) is 0 Å². The molecule has 0 spiro atoms. The van der Waals surface area contributed by atoms with Gasteiger partial charge < -0.3 is 10.2 Å². The summed E-state index contributed by atoms with van der Waals surface area (Å²) >= 11 is 0. The third-order valence-electron chi connectivity index (χ3n) is 5.19. The average molecular weight is 410 g/mol. The third kappa shape index (κ3) is 4.00. The highest BCUT2D eigenvalue weighted by Crippen LogP contribution is 2.30. The number of nitrogens with one attached hydrogen (secondary N) is 1. The predicted octanol–water partition coefficient (Wildman–Crippen LogP) is 2.33. The van der Waals surface area contributed by atoms with Crippen molar-refractivity contribution < 1.29 is 19.3 Å². The summed E-state index contributed by atoms with van der Waals surface area (Å²) in [6, 6.07) is 12.4. The van der Waals surface area contributed by atoms with E-state index in [2.05, 4.69) is 5.32 Å². The molecule has 1 saturated heterocycles. The number of imide groups is 1. The van der Waals surface area contributed by atoms with Gasteiger partial charge in [0.25, 0.3) is 11.6 Å². The number of nitrogens with zero attached hydrogens (tertiary/aromatic N) is 3. The van der Waals surface area contributed by atoms with E-state index in [1.54, 1.807) is 7.05 Å². The van der Waals surface area contributed by atoms with E-state index in [1.807, 2.05) is 31.2 Å². The van der Waals surface area contributed by atoms with E-state index in [9.17, 15) is 24.5 Å². The molecule has 0 radical (unpaired) electrons. The fourth-order valence-corrected chi connectivity index (χ4v) is 3.26. The first-order valence-electron chi connectivity index (χ1n) is 9.30. The Hall–Kier alpha value is -3.75. The van der Waals surface area contributed by atoms with Crippen molar-refractivity contribution in [2.75, 3.05) is 13.6 Å². The monoisotopic (exact) mass is 410 g/mol. The van der Waals surface area contributed by atoms with Crippen LogP contribution in [0.3, 0.4) is 0 Å². The van der Waals surface area contributed by atoms with Gasteiger partial charge in [-0.3, -0.25) is 24.6 Å². The number of rotatable bonds is 6. The van der Waals surface area contributed by atoms with Gasteiger partial charge in [0.1, 0.15) is 12.1 Å². The average Bonchev–Trinajstić information content (AvgIpc) is 2.93. The Morgan fingerprint density at radius 2 is 1.73 bits per heavy atom. The number of hydrogen-bond donors (Lipinski definition) is 1. The number of carbonyl (C=O) groups excluding carboxylic acids is 3. The molecular weight excluding hydrogens is 388 g/mol. The van der Waals surface area contributed by atoms with Crippen LogP contribution in [0.15, 0.2) is 48.5 Å². The number of nitro benzene ring substituents is 1. The first-order valence-corrected chi connectivity index (χ1v) is 9.30. The van der Waals surface area contributed by atoms with Crippen molar-refractivity contribution in [2.45, 2.75) is 25.9 Å². The van der Waals surface area contributed by atoms with Crippen LogP contribution in [0.5, 0.6) is 0 Å². The first kappa shape index (κ1) is 21.0. The quantitative estimate of drug-likeness (QED) is 0.446. The fraction of sp³-hybridized carbons (Fsp3) is 0.286. The number of likely N-dealkylation sites (N-methyl/N-ethyl adjacent to an activating group) is 1. The summed E-state index contributed by atoms with van der Waals surface area (Å²) in [5.41, 5.74) is 0.919. The van der Waals surface area contributed by atoms with Crippen LogP contribution in [0.1, 0.15) is 23.6 Å². The van der Waals surface area contributed by atoms with Gasteiger partial charge in [0.15, 0.2) is 0 Å². The highest BCUT2D eigenvalue weighted by atomic mass is 16.6. The molecule has 0 saturated carbocycles. The smallest absolute Gasteiger partial charge is 0.325 e. The molecule has 0 aliphatic carbocycles. The zero-order chi connectivity index (χ0) is 22.1. The molecule has 2 aromatic rings. The zero-order valence-electron chi connectivity index (χ0n) is 16.9. The summed E-state index contributed by atoms with van der Waals surface area (Å²) in [6.07, 6.45) is 0. The standard InChI is InChI=1S/C21H22N4O5/c1-14-4-6-15(7-5-14)12-23(3)18(26)13-24-19(27)21(2,22-20(24)28)16-8-10-17(11-9-16)25(29)30/h4-11H,12-13H2,1-3H3,(H,22,28)/t21-/m0/s1. The van der Waals surface area contributed by atoms with Crippen LogP contribution in [-0.2, 0) is 21.7 Å². The Morgan fingerprint density at radius 3 is 2.30 bits per heavy atom. The number of benzene rings is 2. The third-order valence-corrected chi connectivity index (χ3v) is 5.19. The highest BCUT2D eigenvalue weighted by Gasteiger charge is 2.49.